The number of nitrogen functional groups attached to an aromatic ring is 1. The second-order valence-corrected chi connectivity index (χ2v) is 4.42. The highest BCUT2D eigenvalue weighted by molar-refractivity contribution is 5.70. The predicted octanol–water partition coefficient (Wildman–Crippen LogP) is 1.98. The average Bonchev–Trinajstić information content (AvgIpc) is 2.73. The van der Waals surface area contributed by atoms with Gasteiger partial charge >= 0.3 is 0 Å². The second-order valence-electron chi connectivity index (χ2n) is 4.42. The van der Waals surface area contributed by atoms with Crippen molar-refractivity contribution >= 4 is 17.1 Å². The molecule has 0 radical (unpaired) electrons. The Bertz CT molecular complexity index is 498. The largest absolute Gasteiger partial charge is 0.368 e. The lowest BCUT2D eigenvalue weighted by atomic mass is 9.89. The molecule has 3 rings (SSSR count). The molecular formula is C11H15N5. The Morgan fingerprint density at radius 3 is 2.81 bits per heavy atom. The molecule has 5 heteroatoms. The van der Waals surface area contributed by atoms with Crippen LogP contribution in [-0.4, -0.2) is 19.9 Å². The van der Waals surface area contributed by atoms with Gasteiger partial charge in [0.1, 0.15) is 11.3 Å². The van der Waals surface area contributed by atoms with Gasteiger partial charge in [0, 0.05) is 5.92 Å². The molecule has 1 aliphatic carbocycles. The first-order valence-corrected chi connectivity index (χ1v) is 5.81. The number of nitrogens with two attached hydrogens (primary N) is 1. The molecule has 1 fully saturated rings. The first-order chi connectivity index (χ1) is 7.83. The third kappa shape index (κ3) is 1.62. The van der Waals surface area contributed by atoms with Crippen molar-refractivity contribution in [1.29, 1.82) is 0 Å². The molecule has 1 aliphatic rings. The highest BCUT2D eigenvalue weighted by Gasteiger charge is 2.19. The third-order valence-electron chi connectivity index (χ3n) is 3.27. The van der Waals surface area contributed by atoms with Crippen LogP contribution in [0.5, 0.6) is 0 Å². The molecule has 0 unspecified atom stereocenters. The highest BCUT2D eigenvalue weighted by atomic mass is 15.1. The van der Waals surface area contributed by atoms with E-state index in [1.807, 2.05) is 0 Å². The maximum Gasteiger partial charge on any atom is 0.222 e. The molecular weight excluding hydrogens is 202 g/mol. The van der Waals surface area contributed by atoms with E-state index in [0.29, 0.717) is 11.6 Å². The van der Waals surface area contributed by atoms with Crippen molar-refractivity contribution in [2.45, 2.75) is 38.0 Å². The Morgan fingerprint density at radius 1 is 1.19 bits per heavy atom. The number of rotatable bonds is 1. The molecule has 0 amide bonds. The van der Waals surface area contributed by atoms with Crippen molar-refractivity contribution in [3.8, 4) is 0 Å². The van der Waals surface area contributed by atoms with E-state index in [4.69, 9.17) is 5.73 Å². The molecule has 0 saturated heterocycles. The number of aromatic amines is 1. The number of anilines is 1. The average molecular weight is 217 g/mol. The van der Waals surface area contributed by atoms with Crippen LogP contribution >= 0.6 is 0 Å². The van der Waals surface area contributed by atoms with E-state index in [-0.39, 0.29) is 5.95 Å². The van der Waals surface area contributed by atoms with Gasteiger partial charge in [-0.2, -0.15) is 4.98 Å². The van der Waals surface area contributed by atoms with Crippen LogP contribution in [0, 0.1) is 0 Å². The van der Waals surface area contributed by atoms with E-state index in [0.717, 1.165) is 11.3 Å². The fourth-order valence-electron chi connectivity index (χ4n) is 2.41. The summed E-state index contributed by atoms with van der Waals surface area (Å²) in [6.07, 6.45) is 8.11. The van der Waals surface area contributed by atoms with Gasteiger partial charge < -0.3 is 10.7 Å². The number of aromatic nitrogens is 4. The minimum Gasteiger partial charge on any atom is -0.368 e. The Hall–Kier alpha value is -1.65. The lowest BCUT2D eigenvalue weighted by Crippen LogP contribution is -2.05. The van der Waals surface area contributed by atoms with E-state index in [2.05, 4.69) is 19.9 Å². The van der Waals surface area contributed by atoms with Crippen molar-refractivity contribution in [2.75, 3.05) is 5.73 Å². The summed E-state index contributed by atoms with van der Waals surface area (Å²) in [6, 6.07) is 0. The standard InChI is InChI=1S/C11H15N5/c12-11-13-6-8-10(16-11)15-9(14-8)7-4-2-1-3-5-7/h6-7H,1-5H2,(H3,12,13,14,15,16). The Kier molecular flexibility index (Phi) is 2.23. The van der Waals surface area contributed by atoms with Crippen molar-refractivity contribution in [3.63, 3.8) is 0 Å². The van der Waals surface area contributed by atoms with E-state index in [9.17, 15) is 0 Å². The number of hydrogen-bond donors (Lipinski definition) is 2. The monoisotopic (exact) mass is 217 g/mol. The zero-order valence-electron chi connectivity index (χ0n) is 9.11. The second kappa shape index (κ2) is 3.73. The minimum absolute atomic E-state index is 0.286. The molecule has 2 heterocycles. The lowest BCUT2D eigenvalue weighted by Gasteiger charge is -2.18. The first-order valence-electron chi connectivity index (χ1n) is 5.81. The van der Waals surface area contributed by atoms with Gasteiger partial charge in [0.25, 0.3) is 0 Å². The molecule has 0 aromatic carbocycles. The van der Waals surface area contributed by atoms with Crippen LogP contribution in [0.25, 0.3) is 11.2 Å². The number of fused-ring (bicyclic) bond motifs is 1. The van der Waals surface area contributed by atoms with Gasteiger partial charge in [-0.1, -0.05) is 19.3 Å². The molecule has 84 valence electrons. The van der Waals surface area contributed by atoms with Gasteiger partial charge in [-0.25, -0.2) is 9.97 Å². The van der Waals surface area contributed by atoms with Crippen LogP contribution in [-0.2, 0) is 0 Å². The van der Waals surface area contributed by atoms with Crippen LogP contribution < -0.4 is 5.73 Å². The third-order valence-corrected chi connectivity index (χ3v) is 3.27. The van der Waals surface area contributed by atoms with Gasteiger partial charge in [0.15, 0.2) is 5.65 Å². The van der Waals surface area contributed by atoms with Gasteiger partial charge in [0.2, 0.25) is 5.95 Å². The predicted molar refractivity (Wildman–Crippen MR) is 61.9 cm³/mol. The molecule has 0 aliphatic heterocycles. The van der Waals surface area contributed by atoms with Gasteiger partial charge in [-0.15, -0.1) is 0 Å². The number of hydrogen-bond acceptors (Lipinski definition) is 4. The topological polar surface area (TPSA) is 80.5 Å². The number of H-pyrrole nitrogens is 1. The van der Waals surface area contributed by atoms with Gasteiger partial charge in [-0.05, 0) is 12.8 Å². The van der Waals surface area contributed by atoms with E-state index >= 15 is 0 Å². The van der Waals surface area contributed by atoms with E-state index in [1.165, 1.54) is 32.1 Å². The summed E-state index contributed by atoms with van der Waals surface area (Å²) < 4.78 is 0. The Morgan fingerprint density at radius 2 is 2.00 bits per heavy atom. The first kappa shape index (κ1) is 9.57. The van der Waals surface area contributed by atoms with Crippen LogP contribution in [0.3, 0.4) is 0 Å². The zero-order valence-corrected chi connectivity index (χ0v) is 9.11. The summed E-state index contributed by atoms with van der Waals surface area (Å²) in [6.45, 7) is 0. The van der Waals surface area contributed by atoms with Crippen molar-refractivity contribution in [1.82, 2.24) is 19.9 Å². The van der Waals surface area contributed by atoms with Crippen LogP contribution in [0.4, 0.5) is 5.95 Å². The maximum atomic E-state index is 5.54. The van der Waals surface area contributed by atoms with Gasteiger partial charge in [0.05, 0.1) is 6.20 Å². The summed E-state index contributed by atoms with van der Waals surface area (Å²) >= 11 is 0. The molecule has 1 saturated carbocycles. The van der Waals surface area contributed by atoms with Gasteiger partial charge in [-0.3, -0.25) is 0 Å². The molecule has 3 N–H and O–H groups in total. The molecule has 2 aromatic rings. The van der Waals surface area contributed by atoms with E-state index in [1.54, 1.807) is 6.20 Å². The zero-order chi connectivity index (χ0) is 11.0. The quantitative estimate of drug-likeness (QED) is 0.765. The van der Waals surface area contributed by atoms with Crippen LogP contribution in [0.15, 0.2) is 6.20 Å². The highest BCUT2D eigenvalue weighted by Crippen LogP contribution is 2.31. The van der Waals surface area contributed by atoms with Crippen LogP contribution in [0.1, 0.15) is 43.8 Å². The molecule has 5 nitrogen and oxygen atoms in total. The molecule has 0 atom stereocenters. The number of nitrogens with zero attached hydrogens (tertiary/aromatic N) is 3. The lowest BCUT2D eigenvalue weighted by molar-refractivity contribution is 0.431. The molecule has 16 heavy (non-hydrogen) atoms. The summed E-state index contributed by atoms with van der Waals surface area (Å²) in [5, 5.41) is 0. The SMILES string of the molecule is Nc1ncc2[nH]c(C3CCCCC3)nc2n1. The minimum atomic E-state index is 0.286. The summed E-state index contributed by atoms with van der Waals surface area (Å²) in [5.41, 5.74) is 7.11. The Balaban J connectivity index is 1.97. The summed E-state index contributed by atoms with van der Waals surface area (Å²) in [5.74, 6) is 1.90. The van der Waals surface area contributed by atoms with Crippen molar-refractivity contribution in [3.05, 3.63) is 12.0 Å². The molecule has 0 bridgehead atoms. The maximum absolute atomic E-state index is 5.54. The van der Waals surface area contributed by atoms with Crippen molar-refractivity contribution < 1.29 is 0 Å². The number of nitrogens with one attached hydrogen (secondary N) is 1. The number of imidazole rings is 1. The fourth-order valence-corrected chi connectivity index (χ4v) is 2.41. The Labute approximate surface area is 93.5 Å². The van der Waals surface area contributed by atoms with E-state index < -0.39 is 0 Å². The molecule has 2 aromatic heterocycles. The summed E-state index contributed by atoms with van der Waals surface area (Å²) in [4.78, 5) is 15.9. The molecule has 0 spiro atoms. The van der Waals surface area contributed by atoms with Crippen LogP contribution in [0.2, 0.25) is 0 Å². The fraction of sp³-hybridized carbons (Fsp3) is 0.545. The normalized spacial score (nSPS) is 18.0. The summed E-state index contributed by atoms with van der Waals surface area (Å²) in [7, 11) is 0. The van der Waals surface area contributed by atoms with Crippen molar-refractivity contribution in [2.24, 2.45) is 0 Å². The smallest absolute Gasteiger partial charge is 0.222 e.